The van der Waals surface area contributed by atoms with Crippen LogP contribution in [0.3, 0.4) is 0 Å². The Labute approximate surface area is 140 Å². The van der Waals surface area contributed by atoms with Crippen molar-refractivity contribution in [2.24, 2.45) is 0 Å². The van der Waals surface area contributed by atoms with Crippen LogP contribution < -0.4 is 0 Å². The Hall–Kier alpha value is -2.45. The van der Waals surface area contributed by atoms with E-state index >= 15 is 0 Å². The van der Waals surface area contributed by atoms with Gasteiger partial charge in [-0.15, -0.1) is 26.6 Å². The maximum absolute atomic E-state index is 5.66. The van der Waals surface area contributed by atoms with Crippen molar-refractivity contribution in [1.82, 2.24) is 25.4 Å². The molecule has 0 atom stereocenters. The first-order chi connectivity index (χ1) is 11.4. The highest BCUT2D eigenvalue weighted by molar-refractivity contribution is 7.98. The van der Waals surface area contributed by atoms with Gasteiger partial charge in [0, 0.05) is 5.56 Å². The van der Waals surface area contributed by atoms with Gasteiger partial charge in [-0.05, 0) is 23.6 Å². The van der Waals surface area contributed by atoms with Gasteiger partial charge in [0.25, 0.3) is 0 Å². The molecule has 3 aromatic heterocycles. The van der Waals surface area contributed by atoms with Crippen molar-refractivity contribution >= 4 is 23.1 Å². The highest BCUT2D eigenvalue weighted by Gasteiger charge is 2.11. The van der Waals surface area contributed by atoms with Crippen molar-refractivity contribution in [1.29, 1.82) is 0 Å². The van der Waals surface area contributed by atoms with E-state index in [2.05, 4.69) is 25.4 Å². The largest absolute Gasteiger partial charge is 0.420 e. The molecule has 23 heavy (non-hydrogen) atoms. The predicted molar refractivity (Wildman–Crippen MR) is 89.0 cm³/mol. The van der Waals surface area contributed by atoms with Crippen molar-refractivity contribution in [3.8, 4) is 22.2 Å². The van der Waals surface area contributed by atoms with Gasteiger partial charge in [-0.2, -0.15) is 0 Å². The van der Waals surface area contributed by atoms with Crippen LogP contribution in [0.15, 0.2) is 57.4 Å². The molecule has 0 aliphatic rings. The lowest BCUT2D eigenvalue weighted by Gasteiger charge is -1.93. The molecule has 0 unspecified atom stereocenters. The van der Waals surface area contributed by atoms with E-state index in [0.29, 0.717) is 22.7 Å². The van der Waals surface area contributed by atoms with Crippen molar-refractivity contribution in [3.63, 3.8) is 0 Å². The van der Waals surface area contributed by atoms with E-state index in [9.17, 15) is 0 Å². The smallest absolute Gasteiger partial charge is 0.247 e. The van der Waals surface area contributed by atoms with E-state index in [0.717, 1.165) is 16.3 Å². The van der Waals surface area contributed by atoms with Crippen molar-refractivity contribution in [3.05, 3.63) is 53.7 Å². The van der Waals surface area contributed by atoms with Crippen LogP contribution >= 0.6 is 23.1 Å². The van der Waals surface area contributed by atoms with Gasteiger partial charge >= 0.3 is 0 Å². The SMILES string of the molecule is c1ccc(-c2nnc(CSc3n[nH]c(-c4cccs4)n3)o2)cc1. The fourth-order valence-electron chi connectivity index (χ4n) is 1.97. The first-order valence-electron chi connectivity index (χ1n) is 6.85. The Morgan fingerprint density at radius 3 is 2.83 bits per heavy atom. The number of H-pyrrole nitrogens is 1. The van der Waals surface area contributed by atoms with Crippen LogP contribution in [0.2, 0.25) is 0 Å². The molecule has 6 nitrogen and oxygen atoms in total. The molecule has 3 heterocycles. The van der Waals surface area contributed by atoms with E-state index in [1.54, 1.807) is 11.3 Å². The Kier molecular flexibility index (Phi) is 3.91. The summed E-state index contributed by atoms with van der Waals surface area (Å²) in [5.74, 6) is 2.38. The summed E-state index contributed by atoms with van der Waals surface area (Å²) in [6.45, 7) is 0. The van der Waals surface area contributed by atoms with Gasteiger partial charge in [-0.1, -0.05) is 36.0 Å². The predicted octanol–water partition coefficient (Wildman–Crippen LogP) is 3.88. The second-order valence-electron chi connectivity index (χ2n) is 4.60. The zero-order valence-corrected chi connectivity index (χ0v) is 13.5. The van der Waals surface area contributed by atoms with Crippen LogP contribution in [0.1, 0.15) is 5.89 Å². The van der Waals surface area contributed by atoms with Gasteiger partial charge in [0.15, 0.2) is 5.82 Å². The molecule has 4 rings (SSSR count). The molecule has 0 aliphatic carbocycles. The van der Waals surface area contributed by atoms with Crippen LogP contribution in [0.4, 0.5) is 0 Å². The molecule has 4 aromatic rings. The first kappa shape index (κ1) is 14.2. The van der Waals surface area contributed by atoms with Crippen molar-refractivity contribution in [2.75, 3.05) is 0 Å². The average Bonchev–Trinajstić information content (AvgIpc) is 3.33. The number of nitrogens with zero attached hydrogens (tertiary/aromatic N) is 4. The van der Waals surface area contributed by atoms with E-state index in [1.165, 1.54) is 11.8 Å². The monoisotopic (exact) mass is 341 g/mol. The quantitative estimate of drug-likeness (QED) is 0.555. The average molecular weight is 341 g/mol. The number of nitrogens with one attached hydrogen (secondary N) is 1. The van der Waals surface area contributed by atoms with Crippen LogP contribution in [0.5, 0.6) is 0 Å². The van der Waals surface area contributed by atoms with Crippen LogP contribution in [0, 0.1) is 0 Å². The second-order valence-corrected chi connectivity index (χ2v) is 6.49. The first-order valence-corrected chi connectivity index (χ1v) is 8.72. The molecule has 0 saturated heterocycles. The molecule has 0 bridgehead atoms. The normalized spacial score (nSPS) is 11.0. The Morgan fingerprint density at radius 1 is 1.09 bits per heavy atom. The van der Waals surface area contributed by atoms with Crippen molar-refractivity contribution < 1.29 is 4.42 Å². The highest BCUT2D eigenvalue weighted by Crippen LogP contribution is 2.25. The molecule has 8 heteroatoms. The summed E-state index contributed by atoms with van der Waals surface area (Å²) < 4.78 is 5.66. The highest BCUT2D eigenvalue weighted by atomic mass is 32.2. The third kappa shape index (κ3) is 3.17. The van der Waals surface area contributed by atoms with E-state index in [-0.39, 0.29) is 0 Å². The number of thiophene rings is 1. The third-order valence-corrected chi connectivity index (χ3v) is 4.74. The lowest BCUT2D eigenvalue weighted by Crippen LogP contribution is -1.82. The number of benzene rings is 1. The van der Waals surface area contributed by atoms with Gasteiger partial charge in [-0.3, -0.25) is 5.10 Å². The minimum Gasteiger partial charge on any atom is -0.420 e. The molecular weight excluding hydrogens is 330 g/mol. The molecule has 0 spiro atoms. The van der Waals surface area contributed by atoms with E-state index in [1.807, 2.05) is 47.8 Å². The maximum atomic E-state index is 5.66. The third-order valence-electron chi connectivity index (χ3n) is 3.03. The van der Waals surface area contributed by atoms with E-state index < -0.39 is 0 Å². The van der Waals surface area contributed by atoms with Crippen LogP contribution in [0.25, 0.3) is 22.2 Å². The fourth-order valence-corrected chi connectivity index (χ4v) is 3.27. The summed E-state index contributed by atoms with van der Waals surface area (Å²) >= 11 is 3.08. The number of rotatable bonds is 5. The maximum Gasteiger partial charge on any atom is 0.247 e. The Balaban J connectivity index is 1.43. The summed E-state index contributed by atoms with van der Waals surface area (Å²) in [7, 11) is 0. The molecule has 114 valence electrons. The van der Waals surface area contributed by atoms with Gasteiger partial charge in [0.1, 0.15) is 0 Å². The fraction of sp³-hybridized carbons (Fsp3) is 0.0667. The summed E-state index contributed by atoms with van der Waals surface area (Å²) in [4.78, 5) is 5.51. The number of hydrogen-bond donors (Lipinski definition) is 1. The molecule has 0 radical (unpaired) electrons. The topological polar surface area (TPSA) is 80.5 Å². The minimum absolute atomic E-state index is 0.524. The summed E-state index contributed by atoms with van der Waals surface area (Å²) in [5, 5.41) is 17.9. The zero-order chi connectivity index (χ0) is 15.5. The summed E-state index contributed by atoms with van der Waals surface area (Å²) in [6, 6.07) is 13.7. The Bertz CT molecular complexity index is 886. The molecule has 1 aromatic carbocycles. The van der Waals surface area contributed by atoms with Gasteiger partial charge < -0.3 is 4.42 Å². The summed E-state index contributed by atoms with van der Waals surface area (Å²) in [6.07, 6.45) is 0. The van der Waals surface area contributed by atoms with Crippen LogP contribution in [-0.4, -0.2) is 25.4 Å². The van der Waals surface area contributed by atoms with E-state index in [4.69, 9.17) is 4.42 Å². The molecule has 1 N–H and O–H groups in total. The standard InChI is InChI=1S/C15H11N5OS2/c1-2-5-10(6-3-1)14-19-17-12(21-14)9-23-15-16-13(18-20-15)11-7-4-8-22-11/h1-8H,9H2,(H,16,18,20). The molecule has 0 saturated carbocycles. The molecule has 0 aliphatic heterocycles. The minimum atomic E-state index is 0.524. The number of thioether (sulfide) groups is 1. The zero-order valence-electron chi connectivity index (χ0n) is 11.8. The van der Waals surface area contributed by atoms with Gasteiger partial charge in [0.05, 0.1) is 10.6 Å². The number of aromatic nitrogens is 5. The second kappa shape index (κ2) is 6.35. The molecular formula is C15H11N5OS2. The van der Waals surface area contributed by atoms with Crippen molar-refractivity contribution in [2.45, 2.75) is 10.9 Å². The number of hydrogen-bond acceptors (Lipinski definition) is 7. The van der Waals surface area contributed by atoms with Crippen LogP contribution in [-0.2, 0) is 5.75 Å². The number of aromatic amines is 1. The molecule has 0 fully saturated rings. The molecule has 0 amide bonds. The Morgan fingerprint density at radius 2 is 2.00 bits per heavy atom. The summed E-state index contributed by atoms with van der Waals surface area (Å²) in [5.41, 5.74) is 0.911. The van der Waals surface area contributed by atoms with Gasteiger partial charge in [-0.25, -0.2) is 4.98 Å². The lowest BCUT2D eigenvalue weighted by atomic mass is 10.2. The van der Waals surface area contributed by atoms with Gasteiger partial charge in [0.2, 0.25) is 16.9 Å². The lowest BCUT2D eigenvalue weighted by molar-refractivity contribution is 0.528.